The fourth-order valence-corrected chi connectivity index (χ4v) is 2.67. The molecule has 1 N–H and O–H groups in total. The fraction of sp³-hybridized carbons (Fsp3) is 0.261. The number of benzene rings is 1. The lowest BCUT2D eigenvalue weighted by Gasteiger charge is -2.20. The molecule has 0 radical (unpaired) electrons. The van der Waals surface area contributed by atoms with Gasteiger partial charge in [0.05, 0.1) is 17.5 Å². The van der Waals surface area contributed by atoms with Gasteiger partial charge in [-0.05, 0) is 57.2 Å². The van der Waals surface area contributed by atoms with Crippen molar-refractivity contribution in [3.05, 3.63) is 66.8 Å². The van der Waals surface area contributed by atoms with E-state index in [0.717, 1.165) is 22.2 Å². The van der Waals surface area contributed by atoms with E-state index < -0.39 is 11.7 Å². The van der Waals surface area contributed by atoms with Crippen LogP contribution < -0.4 is 10.1 Å². The number of nitrogens with one attached hydrogen (secondary N) is 1. The lowest BCUT2D eigenvalue weighted by molar-refractivity contribution is 0.0531. The van der Waals surface area contributed by atoms with Gasteiger partial charge in [-0.3, -0.25) is 4.98 Å². The molecular formula is C23H24FN3O3. The third-order valence-corrected chi connectivity index (χ3v) is 4.07. The molecule has 1 aromatic carbocycles. The number of carbonyl (C=O) groups is 1. The van der Waals surface area contributed by atoms with Crippen molar-refractivity contribution in [2.75, 3.05) is 13.2 Å². The minimum Gasteiger partial charge on any atom is -0.489 e. The van der Waals surface area contributed by atoms with Crippen molar-refractivity contribution < 1.29 is 18.7 Å². The standard InChI is InChI=1S/C23H24FN3O3/c1-23(2,3)30-22(28)26-14-16(13-24)15-29-19-5-7-21-18(12-19)4-6-20(27-21)17-8-10-25-11-9-17/h4-13H,14-15H2,1-3H3,(H,26,28)/b16-13+. The van der Waals surface area contributed by atoms with E-state index in [2.05, 4.69) is 15.3 Å². The number of aromatic nitrogens is 2. The second-order valence-corrected chi connectivity index (χ2v) is 7.70. The van der Waals surface area contributed by atoms with Gasteiger partial charge >= 0.3 is 6.09 Å². The molecular weight excluding hydrogens is 385 g/mol. The first-order valence-electron chi connectivity index (χ1n) is 9.53. The van der Waals surface area contributed by atoms with Crippen molar-refractivity contribution in [1.82, 2.24) is 15.3 Å². The number of ether oxygens (including phenoxy) is 2. The molecule has 0 atom stereocenters. The van der Waals surface area contributed by atoms with E-state index in [4.69, 9.17) is 9.47 Å². The zero-order valence-electron chi connectivity index (χ0n) is 17.2. The highest BCUT2D eigenvalue weighted by Gasteiger charge is 2.16. The molecule has 0 saturated carbocycles. The van der Waals surface area contributed by atoms with Gasteiger partial charge in [-0.25, -0.2) is 14.2 Å². The molecule has 0 fully saturated rings. The molecule has 7 heteroatoms. The molecule has 2 aromatic heterocycles. The molecule has 3 rings (SSSR count). The highest BCUT2D eigenvalue weighted by molar-refractivity contribution is 5.82. The van der Waals surface area contributed by atoms with Crippen LogP contribution in [0.1, 0.15) is 20.8 Å². The molecule has 0 unspecified atom stereocenters. The number of carbonyl (C=O) groups excluding carboxylic acids is 1. The molecule has 156 valence electrons. The fourth-order valence-electron chi connectivity index (χ4n) is 2.67. The maximum Gasteiger partial charge on any atom is 0.407 e. The van der Waals surface area contributed by atoms with Crippen molar-refractivity contribution in [2.45, 2.75) is 26.4 Å². The van der Waals surface area contributed by atoms with Gasteiger partial charge in [0.25, 0.3) is 0 Å². The van der Waals surface area contributed by atoms with E-state index >= 15 is 0 Å². The second-order valence-electron chi connectivity index (χ2n) is 7.70. The Kier molecular flexibility index (Phi) is 6.61. The molecule has 6 nitrogen and oxygen atoms in total. The Hall–Kier alpha value is -3.48. The Balaban J connectivity index is 1.61. The van der Waals surface area contributed by atoms with Gasteiger partial charge in [0.2, 0.25) is 0 Å². The van der Waals surface area contributed by atoms with E-state index in [-0.39, 0.29) is 18.7 Å². The largest absolute Gasteiger partial charge is 0.489 e. The van der Waals surface area contributed by atoms with Gasteiger partial charge in [-0.15, -0.1) is 0 Å². The summed E-state index contributed by atoms with van der Waals surface area (Å²) in [5.74, 6) is 0.581. The summed E-state index contributed by atoms with van der Waals surface area (Å²) < 4.78 is 24.0. The molecule has 0 saturated heterocycles. The van der Waals surface area contributed by atoms with Crippen molar-refractivity contribution in [3.63, 3.8) is 0 Å². The van der Waals surface area contributed by atoms with Crippen molar-refractivity contribution in [1.29, 1.82) is 0 Å². The number of halogens is 1. The van der Waals surface area contributed by atoms with Crippen LogP contribution in [0.2, 0.25) is 0 Å². The van der Waals surface area contributed by atoms with Crippen LogP contribution in [-0.4, -0.2) is 34.8 Å². The average molecular weight is 409 g/mol. The minimum absolute atomic E-state index is 0.000329. The van der Waals surface area contributed by atoms with Gasteiger partial charge in [-0.2, -0.15) is 0 Å². The molecule has 0 aliphatic heterocycles. The number of hydrogen-bond donors (Lipinski definition) is 1. The lowest BCUT2D eigenvalue weighted by Crippen LogP contribution is -2.34. The van der Waals surface area contributed by atoms with Crippen molar-refractivity contribution in [3.8, 4) is 17.0 Å². The third kappa shape index (κ3) is 6.01. The van der Waals surface area contributed by atoms with E-state index in [1.165, 1.54) is 0 Å². The van der Waals surface area contributed by atoms with Crippen LogP contribution in [0.15, 0.2) is 66.8 Å². The average Bonchev–Trinajstić information content (AvgIpc) is 2.72. The molecule has 3 aromatic rings. The van der Waals surface area contributed by atoms with Crippen molar-refractivity contribution in [2.24, 2.45) is 0 Å². The van der Waals surface area contributed by atoms with Crippen LogP contribution in [0.25, 0.3) is 22.2 Å². The van der Waals surface area contributed by atoms with Gasteiger partial charge in [0.1, 0.15) is 18.0 Å². The summed E-state index contributed by atoms with van der Waals surface area (Å²) >= 11 is 0. The lowest BCUT2D eigenvalue weighted by atomic mass is 10.1. The van der Waals surface area contributed by atoms with Crippen LogP contribution in [0.3, 0.4) is 0 Å². The molecule has 2 heterocycles. The second kappa shape index (κ2) is 9.35. The van der Waals surface area contributed by atoms with Gasteiger partial charge in [-0.1, -0.05) is 6.07 Å². The zero-order chi connectivity index (χ0) is 21.6. The normalized spacial score (nSPS) is 11.9. The maximum atomic E-state index is 13.2. The molecule has 0 aliphatic rings. The Morgan fingerprint density at radius 1 is 1.13 bits per heavy atom. The van der Waals surface area contributed by atoms with Crippen LogP contribution in [-0.2, 0) is 4.74 Å². The Morgan fingerprint density at radius 2 is 1.90 bits per heavy atom. The van der Waals surface area contributed by atoms with E-state index in [9.17, 15) is 9.18 Å². The van der Waals surface area contributed by atoms with Crippen LogP contribution in [0.5, 0.6) is 5.75 Å². The maximum absolute atomic E-state index is 13.2. The summed E-state index contributed by atoms with van der Waals surface area (Å²) in [7, 11) is 0. The molecule has 0 aliphatic carbocycles. The molecule has 1 amide bonds. The Labute approximate surface area is 174 Å². The minimum atomic E-state index is -0.615. The van der Waals surface area contributed by atoms with Crippen molar-refractivity contribution >= 4 is 17.0 Å². The number of rotatable bonds is 6. The summed E-state index contributed by atoms with van der Waals surface area (Å²) in [6.45, 7) is 5.28. The smallest absolute Gasteiger partial charge is 0.407 e. The quantitative estimate of drug-likeness (QED) is 0.616. The number of pyridine rings is 2. The first-order chi connectivity index (χ1) is 14.3. The van der Waals surface area contributed by atoms with E-state index in [1.54, 1.807) is 39.2 Å². The van der Waals surface area contributed by atoms with Crippen LogP contribution >= 0.6 is 0 Å². The molecule has 0 bridgehead atoms. The number of alkyl carbamates (subject to hydrolysis) is 1. The van der Waals surface area contributed by atoms with Crippen LogP contribution in [0.4, 0.5) is 9.18 Å². The Morgan fingerprint density at radius 3 is 2.60 bits per heavy atom. The topological polar surface area (TPSA) is 73.3 Å². The number of hydrogen-bond acceptors (Lipinski definition) is 5. The monoisotopic (exact) mass is 409 g/mol. The summed E-state index contributed by atoms with van der Waals surface area (Å²) in [5, 5.41) is 3.42. The predicted molar refractivity (Wildman–Crippen MR) is 114 cm³/mol. The third-order valence-electron chi connectivity index (χ3n) is 4.07. The summed E-state index contributed by atoms with van der Waals surface area (Å²) in [6, 6.07) is 13.2. The number of fused-ring (bicyclic) bond motifs is 1. The number of amides is 1. The molecule has 30 heavy (non-hydrogen) atoms. The van der Waals surface area contributed by atoms with Gasteiger partial charge in [0.15, 0.2) is 0 Å². The summed E-state index contributed by atoms with van der Waals surface area (Å²) in [6.07, 6.45) is 3.28. The zero-order valence-corrected chi connectivity index (χ0v) is 17.2. The highest BCUT2D eigenvalue weighted by atomic mass is 19.1. The Bertz CT molecular complexity index is 1050. The predicted octanol–water partition coefficient (Wildman–Crippen LogP) is 5.05. The highest BCUT2D eigenvalue weighted by Crippen LogP contribution is 2.24. The van der Waals surface area contributed by atoms with E-state index in [1.807, 2.05) is 36.4 Å². The van der Waals surface area contributed by atoms with E-state index in [0.29, 0.717) is 12.1 Å². The summed E-state index contributed by atoms with van der Waals surface area (Å²) in [4.78, 5) is 20.4. The number of nitrogens with zero attached hydrogens (tertiary/aromatic N) is 2. The van der Waals surface area contributed by atoms with Crippen LogP contribution in [0, 0.1) is 0 Å². The van der Waals surface area contributed by atoms with Gasteiger partial charge in [0, 0.05) is 35.5 Å². The SMILES string of the molecule is CC(C)(C)OC(=O)NC/C(=C\F)COc1ccc2nc(-c3ccncc3)ccc2c1. The first-order valence-corrected chi connectivity index (χ1v) is 9.53. The summed E-state index contributed by atoms with van der Waals surface area (Å²) in [5.41, 5.74) is 2.34. The van der Waals surface area contributed by atoms with Gasteiger partial charge < -0.3 is 14.8 Å². The molecule has 0 spiro atoms. The first kappa shape index (κ1) is 21.2.